The number of anilines is 1. The number of carbonyl (C=O) groups excluding carboxylic acids is 1. The molecule has 0 aliphatic heterocycles. The highest BCUT2D eigenvalue weighted by Gasteiger charge is 2.16. The molecule has 4 nitrogen and oxygen atoms in total. The van der Waals surface area contributed by atoms with Gasteiger partial charge in [-0.3, -0.25) is 4.79 Å². The Morgan fingerprint density at radius 3 is 2.74 bits per heavy atom. The summed E-state index contributed by atoms with van der Waals surface area (Å²) in [6.45, 7) is 0. The molecule has 1 aliphatic carbocycles. The number of amides is 1. The minimum absolute atomic E-state index is 0.0415. The zero-order chi connectivity index (χ0) is 18.2. The fourth-order valence-corrected chi connectivity index (χ4v) is 4.37. The summed E-state index contributed by atoms with van der Waals surface area (Å²) < 4.78 is 5.70. The fourth-order valence-electron chi connectivity index (χ4n) is 3.73. The topological polar surface area (TPSA) is 55.1 Å². The molecule has 0 saturated carbocycles. The molecule has 0 unspecified atom stereocenters. The maximum Gasteiger partial charge on any atom is 0.228 e. The molecular formula is C22H18N2O2S. The van der Waals surface area contributed by atoms with E-state index in [0.29, 0.717) is 6.42 Å². The number of furan rings is 1. The van der Waals surface area contributed by atoms with E-state index in [-0.39, 0.29) is 5.91 Å². The fraction of sp³-hybridized carbons (Fsp3) is 0.182. The van der Waals surface area contributed by atoms with Crippen molar-refractivity contribution in [2.24, 2.45) is 0 Å². The highest BCUT2D eigenvalue weighted by atomic mass is 32.1. The van der Waals surface area contributed by atoms with Gasteiger partial charge >= 0.3 is 0 Å². The molecule has 27 heavy (non-hydrogen) atoms. The Bertz CT molecular complexity index is 1110. The van der Waals surface area contributed by atoms with Crippen molar-refractivity contribution in [2.75, 3.05) is 5.32 Å². The van der Waals surface area contributed by atoms with Gasteiger partial charge < -0.3 is 9.73 Å². The summed E-state index contributed by atoms with van der Waals surface area (Å²) >= 11 is 1.60. The first-order chi connectivity index (χ1) is 13.3. The molecule has 0 fully saturated rings. The Hall–Kier alpha value is -2.92. The minimum atomic E-state index is -0.0415. The van der Waals surface area contributed by atoms with Gasteiger partial charge in [-0.05, 0) is 66.8 Å². The lowest BCUT2D eigenvalue weighted by Crippen LogP contribution is -2.14. The molecule has 5 rings (SSSR count). The van der Waals surface area contributed by atoms with Crippen molar-refractivity contribution in [3.05, 3.63) is 70.9 Å². The van der Waals surface area contributed by atoms with E-state index in [1.807, 2.05) is 29.6 Å². The first kappa shape index (κ1) is 16.3. The van der Waals surface area contributed by atoms with Crippen LogP contribution in [0, 0.1) is 0 Å². The van der Waals surface area contributed by atoms with Crippen LogP contribution in [0.1, 0.15) is 23.1 Å². The third-order valence-corrected chi connectivity index (χ3v) is 5.89. The summed E-state index contributed by atoms with van der Waals surface area (Å²) in [6, 6.07) is 12.1. The number of rotatable bonds is 4. The zero-order valence-electron chi connectivity index (χ0n) is 14.7. The molecule has 0 bridgehead atoms. The van der Waals surface area contributed by atoms with Crippen LogP contribution in [0.4, 0.5) is 5.69 Å². The van der Waals surface area contributed by atoms with Crippen molar-refractivity contribution < 1.29 is 9.21 Å². The summed E-state index contributed by atoms with van der Waals surface area (Å²) in [5, 5.41) is 6.96. The van der Waals surface area contributed by atoms with Gasteiger partial charge in [0.1, 0.15) is 10.6 Å². The van der Waals surface area contributed by atoms with Crippen LogP contribution in [-0.4, -0.2) is 10.9 Å². The van der Waals surface area contributed by atoms with Gasteiger partial charge in [0.15, 0.2) is 0 Å². The van der Waals surface area contributed by atoms with E-state index in [4.69, 9.17) is 4.42 Å². The van der Waals surface area contributed by atoms with Crippen molar-refractivity contribution in [1.82, 2.24) is 4.98 Å². The van der Waals surface area contributed by atoms with Crippen LogP contribution in [0.2, 0.25) is 0 Å². The monoisotopic (exact) mass is 374 g/mol. The number of nitrogens with one attached hydrogen (secondary N) is 1. The summed E-state index contributed by atoms with van der Waals surface area (Å²) in [6.07, 6.45) is 7.26. The lowest BCUT2D eigenvalue weighted by molar-refractivity contribution is -0.115. The van der Waals surface area contributed by atoms with Crippen LogP contribution in [-0.2, 0) is 24.1 Å². The van der Waals surface area contributed by atoms with E-state index in [9.17, 15) is 4.79 Å². The maximum atomic E-state index is 12.5. The summed E-state index contributed by atoms with van der Waals surface area (Å²) in [7, 11) is 0. The van der Waals surface area contributed by atoms with Crippen LogP contribution in [0.25, 0.3) is 21.5 Å². The number of hydrogen-bond donors (Lipinski definition) is 1. The number of aryl methyl sites for hydroxylation is 2. The van der Waals surface area contributed by atoms with E-state index in [2.05, 4.69) is 22.4 Å². The predicted octanol–water partition coefficient (Wildman–Crippen LogP) is 5.23. The molecule has 0 spiro atoms. The summed E-state index contributed by atoms with van der Waals surface area (Å²) in [5.41, 5.74) is 6.44. The van der Waals surface area contributed by atoms with E-state index in [1.165, 1.54) is 17.5 Å². The maximum absolute atomic E-state index is 12.5. The second-order valence-corrected chi connectivity index (χ2v) is 7.77. The van der Waals surface area contributed by atoms with Crippen molar-refractivity contribution in [3.8, 4) is 10.6 Å². The van der Waals surface area contributed by atoms with Crippen LogP contribution < -0.4 is 5.32 Å². The molecule has 5 heteroatoms. The molecule has 134 valence electrons. The Morgan fingerprint density at radius 1 is 1.15 bits per heavy atom. The van der Waals surface area contributed by atoms with Crippen molar-refractivity contribution in [1.29, 1.82) is 0 Å². The number of aromatic nitrogens is 1. The number of fused-ring (bicyclic) bond motifs is 2. The van der Waals surface area contributed by atoms with E-state index >= 15 is 0 Å². The highest BCUT2D eigenvalue weighted by Crippen LogP contribution is 2.30. The van der Waals surface area contributed by atoms with Crippen molar-refractivity contribution >= 4 is 33.9 Å². The number of hydrogen-bond acceptors (Lipinski definition) is 4. The average Bonchev–Trinajstić information content (AvgIpc) is 3.42. The summed E-state index contributed by atoms with van der Waals surface area (Å²) in [4.78, 5) is 16.8. The van der Waals surface area contributed by atoms with Gasteiger partial charge in [-0.25, -0.2) is 4.98 Å². The molecule has 0 atom stereocenters. The van der Waals surface area contributed by atoms with E-state index in [0.717, 1.165) is 45.6 Å². The number of thiazole rings is 1. The van der Waals surface area contributed by atoms with Crippen molar-refractivity contribution in [2.45, 2.75) is 25.7 Å². The lowest BCUT2D eigenvalue weighted by atomic mass is 10.0. The molecule has 2 heterocycles. The van der Waals surface area contributed by atoms with Crippen LogP contribution >= 0.6 is 11.3 Å². The lowest BCUT2D eigenvalue weighted by Gasteiger charge is -2.06. The normalized spacial score (nSPS) is 13.0. The van der Waals surface area contributed by atoms with Crippen LogP contribution in [0.5, 0.6) is 0 Å². The Morgan fingerprint density at radius 2 is 1.96 bits per heavy atom. The molecule has 2 aromatic carbocycles. The quantitative estimate of drug-likeness (QED) is 0.532. The molecule has 1 N–H and O–H groups in total. The Kier molecular flexibility index (Phi) is 4.02. The number of benzene rings is 2. The Balaban J connectivity index is 1.31. The average molecular weight is 374 g/mol. The standard InChI is InChI=1S/C22H18N2O2S/c25-21(24-18-6-4-14(5-7-18)22-23-8-9-27-22)12-17-13-26-20-11-16-3-1-2-15(16)10-19(17)20/h4-11,13H,1-3,12H2,(H,24,25). The molecule has 0 saturated heterocycles. The van der Waals surface area contributed by atoms with Gasteiger partial charge in [-0.15, -0.1) is 11.3 Å². The second kappa shape index (κ2) is 6.67. The first-order valence-electron chi connectivity index (χ1n) is 9.08. The molecule has 4 aromatic rings. The van der Waals surface area contributed by atoms with Gasteiger partial charge in [-0.1, -0.05) is 0 Å². The van der Waals surface area contributed by atoms with Gasteiger partial charge in [0.25, 0.3) is 0 Å². The molecule has 2 aromatic heterocycles. The van der Waals surface area contributed by atoms with Crippen LogP contribution in [0.3, 0.4) is 0 Å². The first-order valence-corrected chi connectivity index (χ1v) is 9.96. The third-order valence-electron chi connectivity index (χ3n) is 5.07. The molecule has 1 amide bonds. The largest absolute Gasteiger partial charge is 0.464 e. The summed E-state index contributed by atoms with van der Waals surface area (Å²) in [5.74, 6) is -0.0415. The van der Waals surface area contributed by atoms with Crippen molar-refractivity contribution in [3.63, 3.8) is 0 Å². The van der Waals surface area contributed by atoms with Gasteiger partial charge in [0, 0.05) is 33.8 Å². The third kappa shape index (κ3) is 3.15. The van der Waals surface area contributed by atoms with Gasteiger partial charge in [0.05, 0.1) is 12.7 Å². The molecule has 1 aliphatic rings. The second-order valence-electron chi connectivity index (χ2n) is 6.87. The zero-order valence-corrected chi connectivity index (χ0v) is 15.5. The smallest absolute Gasteiger partial charge is 0.228 e. The van der Waals surface area contributed by atoms with Gasteiger partial charge in [-0.2, -0.15) is 0 Å². The Labute approximate surface area is 160 Å². The molecular weight excluding hydrogens is 356 g/mol. The minimum Gasteiger partial charge on any atom is -0.464 e. The van der Waals surface area contributed by atoms with Gasteiger partial charge in [0.2, 0.25) is 5.91 Å². The highest BCUT2D eigenvalue weighted by molar-refractivity contribution is 7.13. The predicted molar refractivity (Wildman–Crippen MR) is 108 cm³/mol. The van der Waals surface area contributed by atoms with E-state index in [1.54, 1.807) is 23.8 Å². The molecule has 0 radical (unpaired) electrons. The van der Waals surface area contributed by atoms with Crippen LogP contribution in [0.15, 0.2) is 58.7 Å². The van der Waals surface area contributed by atoms with E-state index < -0.39 is 0 Å². The number of carbonyl (C=O) groups is 1. The SMILES string of the molecule is O=C(Cc1coc2cc3c(cc12)CCC3)Nc1ccc(-c2nccs2)cc1. The number of nitrogens with zero attached hydrogens (tertiary/aromatic N) is 1.